The molecule has 4 heteroatoms. The molecular weight excluding hydrogens is 280 g/mol. The van der Waals surface area contributed by atoms with E-state index in [4.69, 9.17) is 9.78 Å². The van der Waals surface area contributed by atoms with E-state index in [1.165, 1.54) is 0 Å². The van der Waals surface area contributed by atoms with Crippen LogP contribution in [0.4, 0.5) is 0 Å². The fraction of sp³-hybridized carbons (Fsp3) is 0.889. The van der Waals surface area contributed by atoms with Crippen LogP contribution in [0, 0.1) is 22.7 Å². The molecule has 0 spiro atoms. The average Bonchev–Trinajstić information content (AvgIpc) is 2.37. The Morgan fingerprint density at radius 1 is 0.727 bits per heavy atom. The third kappa shape index (κ3) is 10.6. The third-order valence-corrected chi connectivity index (χ3v) is 3.67. The standard InChI is InChI=1S/C18H34O4/c1-13(9-11-17(3,4)5)15(19)21-22-16(20)14(2)10-12-18(6,7)8/h13-14H,9-12H2,1-8H3. The fourth-order valence-corrected chi connectivity index (χ4v) is 1.78. The monoisotopic (exact) mass is 314 g/mol. The maximum Gasteiger partial charge on any atom is 0.358 e. The van der Waals surface area contributed by atoms with Gasteiger partial charge in [0, 0.05) is 0 Å². The van der Waals surface area contributed by atoms with Crippen LogP contribution >= 0.6 is 0 Å². The summed E-state index contributed by atoms with van der Waals surface area (Å²) in [5, 5.41) is 0. The van der Waals surface area contributed by atoms with E-state index in [2.05, 4.69) is 41.5 Å². The molecule has 0 aromatic rings. The van der Waals surface area contributed by atoms with Crippen molar-refractivity contribution in [1.29, 1.82) is 0 Å². The van der Waals surface area contributed by atoms with Gasteiger partial charge in [0.2, 0.25) is 0 Å². The predicted molar refractivity (Wildman–Crippen MR) is 87.9 cm³/mol. The zero-order chi connectivity index (χ0) is 17.6. The number of carbonyl (C=O) groups excluding carboxylic acids is 2. The molecule has 0 aromatic heterocycles. The van der Waals surface area contributed by atoms with Gasteiger partial charge >= 0.3 is 11.9 Å². The lowest BCUT2D eigenvalue weighted by atomic mass is 9.87. The Bertz CT molecular complexity index is 324. The van der Waals surface area contributed by atoms with Crippen LogP contribution in [0.25, 0.3) is 0 Å². The molecule has 0 aliphatic heterocycles. The van der Waals surface area contributed by atoms with Crippen molar-refractivity contribution < 1.29 is 19.4 Å². The SMILES string of the molecule is CC(CCC(C)(C)C)C(=O)OOC(=O)C(C)CCC(C)(C)C. The Morgan fingerprint density at radius 2 is 1.00 bits per heavy atom. The van der Waals surface area contributed by atoms with Crippen LogP contribution in [0.2, 0.25) is 0 Å². The molecule has 0 rings (SSSR count). The zero-order valence-corrected chi connectivity index (χ0v) is 15.6. The van der Waals surface area contributed by atoms with Crippen LogP contribution in [0.5, 0.6) is 0 Å². The Kier molecular flexibility index (Phi) is 8.13. The van der Waals surface area contributed by atoms with Gasteiger partial charge in [-0.15, -0.1) is 0 Å². The summed E-state index contributed by atoms with van der Waals surface area (Å²) < 4.78 is 0. The summed E-state index contributed by atoms with van der Waals surface area (Å²) >= 11 is 0. The van der Waals surface area contributed by atoms with Crippen molar-refractivity contribution in [2.45, 2.75) is 81.1 Å². The number of rotatable bonds is 6. The molecule has 0 amide bonds. The minimum absolute atomic E-state index is 0.173. The molecule has 0 saturated heterocycles. The number of hydrogen-bond donors (Lipinski definition) is 0. The van der Waals surface area contributed by atoms with Gasteiger partial charge in [0.25, 0.3) is 0 Å². The molecule has 4 nitrogen and oxygen atoms in total. The second-order valence-electron chi connectivity index (χ2n) is 8.81. The summed E-state index contributed by atoms with van der Waals surface area (Å²) in [5.41, 5.74) is 0.347. The largest absolute Gasteiger partial charge is 0.358 e. The van der Waals surface area contributed by atoms with Gasteiger partial charge in [-0.3, -0.25) is 0 Å². The summed E-state index contributed by atoms with van der Waals surface area (Å²) in [5.74, 6) is -1.48. The third-order valence-electron chi connectivity index (χ3n) is 3.67. The summed E-state index contributed by atoms with van der Waals surface area (Å²) in [4.78, 5) is 33.0. The van der Waals surface area contributed by atoms with Crippen molar-refractivity contribution in [3.05, 3.63) is 0 Å². The maximum absolute atomic E-state index is 11.8. The highest BCUT2D eigenvalue weighted by Crippen LogP contribution is 2.25. The van der Waals surface area contributed by atoms with Gasteiger partial charge in [-0.05, 0) is 36.5 Å². The smallest absolute Gasteiger partial charge is 0.247 e. The lowest BCUT2D eigenvalue weighted by Gasteiger charge is -2.20. The van der Waals surface area contributed by atoms with E-state index in [1.807, 2.05) is 0 Å². The zero-order valence-electron chi connectivity index (χ0n) is 15.6. The molecule has 2 unspecified atom stereocenters. The van der Waals surface area contributed by atoms with E-state index in [-0.39, 0.29) is 22.7 Å². The Labute approximate surface area is 135 Å². The van der Waals surface area contributed by atoms with Crippen LogP contribution in [0.3, 0.4) is 0 Å². The Morgan fingerprint density at radius 3 is 1.23 bits per heavy atom. The summed E-state index contributed by atoms with van der Waals surface area (Å²) in [7, 11) is 0. The molecule has 130 valence electrons. The Hall–Kier alpha value is -1.06. The van der Waals surface area contributed by atoms with Crippen molar-refractivity contribution in [1.82, 2.24) is 0 Å². The molecule has 0 aliphatic rings. The first-order valence-corrected chi connectivity index (χ1v) is 8.24. The van der Waals surface area contributed by atoms with Gasteiger partial charge in [-0.1, -0.05) is 55.4 Å². The molecule has 22 heavy (non-hydrogen) atoms. The highest BCUT2D eigenvalue weighted by atomic mass is 17.2. The second kappa shape index (κ2) is 8.54. The molecule has 2 atom stereocenters. The van der Waals surface area contributed by atoms with Crippen LogP contribution in [-0.4, -0.2) is 11.9 Å². The predicted octanol–water partition coefficient (Wildman–Crippen LogP) is 4.91. The van der Waals surface area contributed by atoms with Crippen molar-refractivity contribution in [2.75, 3.05) is 0 Å². The molecule has 0 N–H and O–H groups in total. The highest BCUT2D eigenvalue weighted by Gasteiger charge is 2.23. The molecular formula is C18H34O4. The van der Waals surface area contributed by atoms with Gasteiger partial charge < -0.3 is 0 Å². The van der Waals surface area contributed by atoms with Crippen molar-refractivity contribution >= 4 is 11.9 Å². The summed E-state index contributed by atoms with van der Waals surface area (Å²) in [6, 6.07) is 0. The first kappa shape index (κ1) is 20.9. The first-order chi connectivity index (χ1) is 9.82. The van der Waals surface area contributed by atoms with Gasteiger partial charge in [-0.2, -0.15) is 0 Å². The molecule has 0 aliphatic carbocycles. The van der Waals surface area contributed by atoms with Crippen LogP contribution in [-0.2, 0) is 19.4 Å². The van der Waals surface area contributed by atoms with Gasteiger partial charge in [0.05, 0.1) is 11.8 Å². The van der Waals surface area contributed by atoms with E-state index in [1.54, 1.807) is 13.8 Å². The summed E-state index contributed by atoms with van der Waals surface area (Å²) in [6.45, 7) is 16.4. The lowest BCUT2D eigenvalue weighted by Crippen LogP contribution is -2.22. The summed E-state index contributed by atoms with van der Waals surface area (Å²) in [6.07, 6.45) is 3.28. The number of hydrogen-bond acceptors (Lipinski definition) is 4. The van der Waals surface area contributed by atoms with E-state index >= 15 is 0 Å². The topological polar surface area (TPSA) is 52.6 Å². The molecule has 0 saturated carbocycles. The minimum Gasteiger partial charge on any atom is -0.247 e. The molecule has 0 bridgehead atoms. The van der Waals surface area contributed by atoms with Crippen LogP contribution in [0.1, 0.15) is 81.1 Å². The van der Waals surface area contributed by atoms with E-state index in [9.17, 15) is 9.59 Å². The van der Waals surface area contributed by atoms with Crippen LogP contribution < -0.4 is 0 Å². The van der Waals surface area contributed by atoms with E-state index in [0.717, 1.165) is 25.7 Å². The van der Waals surface area contributed by atoms with Crippen molar-refractivity contribution in [3.8, 4) is 0 Å². The molecule has 0 fully saturated rings. The maximum atomic E-state index is 11.8. The van der Waals surface area contributed by atoms with Crippen molar-refractivity contribution in [2.24, 2.45) is 22.7 Å². The Balaban J connectivity index is 4.10. The fourth-order valence-electron chi connectivity index (χ4n) is 1.78. The quantitative estimate of drug-likeness (QED) is 0.516. The van der Waals surface area contributed by atoms with E-state index in [0.29, 0.717) is 0 Å². The van der Waals surface area contributed by atoms with Crippen LogP contribution in [0.15, 0.2) is 0 Å². The number of carbonyl (C=O) groups is 2. The average molecular weight is 314 g/mol. The van der Waals surface area contributed by atoms with Gasteiger partial charge in [0.1, 0.15) is 0 Å². The van der Waals surface area contributed by atoms with Gasteiger partial charge in [0.15, 0.2) is 0 Å². The first-order valence-electron chi connectivity index (χ1n) is 8.24. The van der Waals surface area contributed by atoms with E-state index < -0.39 is 11.9 Å². The second-order valence-corrected chi connectivity index (χ2v) is 8.81. The minimum atomic E-state index is -0.472. The normalized spacial score (nSPS) is 15.1. The van der Waals surface area contributed by atoms with Crippen molar-refractivity contribution in [3.63, 3.8) is 0 Å². The molecule has 0 aromatic carbocycles. The lowest BCUT2D eigenvalue weighted by molar-refractivity contribution is -0.265. The molecule has 0 heterocycles. The highest BCUT2D eigenvalue weighted by molar-refractivity contribution is 5.75. The molecule has 0 radical (unpaired) electrons. The van der Waals surface area contributed by atoms with Gasteiger partial charge in [-0.25, -0.2) is 19.4 Å².